The Bertz CT molecular complexity index is 130. The highest BCUT2D eigenvalue weighted by Gasteiger charge is 2.15. The molecule has 0 spiro atoms. The summed E-state index contributed by atoms with van der Waals surface area (Å²) in [6.45, 7) is 2.30. The summed E-state index contributed by atoms with van der Waals surface area (Å²) < 4.78 is 0. The molecule has 1 nitrogen and oxygen atoms in total. The summed E-state index contributed by atoms with van der Waals surface area (Å²) in [6.07, 6.45) is 12.1. The van der Waals surface area contributed by atoms with E-state index in [4.69, 9.17) is 0 Å². The van der Waals surface area contributed by atoms with Gasteiger partial charge >= 0.3 is 0 Å². The van der Waals surface area contributed by atoms with Crippen LogP contribution in [0.1, 0.15) is 51.9 Å². The summed E-state index contributed by atoms with van der Waals surface area (Å²) >= 11 is 1.97. The molecule has 1 atom stereocenters. The summed E-state index contributed by atoms with van der Waals surface area (Å²) in [7, 11) is 0. The van der Waals surface area contributed by atoms with E-state index in [9.17, 15) is 0 Å². The minimum Gasteiger partial charge on any atom is -0.310 e. The number of thioether (sulfide) groups is 1. The van der Waals surface area contributed by atoms with Gasteiger partial charge in [0.2, 0.25) is 0 Å². The Balaban J connectivity index is 2.24. The van der Waals surface area contributed by atoms with E-state index in [1.165, 1.54) is 50.7 Å². The fourth-order valence-electron chi connectivity index (χ4n) is 2.26. The lowest BCUT2D eigenvalue weighted by Crippen LogP contribution is -2.39. The predicted molar refractivity (Wildman–Crippen MR) is 67.1 cm³/mol. The first-order valence-electron chi connectivity index (χ1n) is 6.11. The fourth-order valence-corrected chi connectivity index (χ4v) is 3.00. The normalized spacial score (nSPS) is 21.9. The molecule has 14 heavy (non-hydrogen) atoms. The molecule has 0 amide bonds. The molecule has 2 heteroatoms. The van der Waals surface area contributed by atoms with E-state index < -0.39 is 0 Å². The van der Waals surface area contributed by atoms with Gasteiger partial charge in [-0.3, -0.25) is 0 Å². The van der Waals surface area contributed by atoms with Gasteiger partial charge < -0.3 is 5.32 Å². The van der Waals surface area contributed by atoms with Crippen LogP contribution in [0.2, 0.25) is 0 Å². The van der Waals surface area contributed by atoms with Crippen LogP contribution in [0.25, 0.3) is 0 Å². The van der Waals surface area contributed by atoms with E-state index in [0.29, 0.717) is 0 Å². The molecule has 0 aromatic heterocycles. The maximum atomic E-state index is 3.83. The molecule has 1 unspecified atom stereocenters. The highest BCUT2D eigenvalue weighted by Crippen LogP contribution is 2.18. The van der Waals surface area contributed by atoms with Crippen molar-refractivity contribution >= 4 is 11.8 Å². The van der Waals surface area contributed by atoms with Crippen LogP contribution in [0.4, 0.5) is 0 Å². The summed E-state index contributed by atoms with van der Waals surface area (Å²) in [5.74, 6) is 1.27. The zero-order chi connectivity index (χ0) is 10.2. The van der Waals surface area contributed by atoms with Gasteiger partial charge in [-0.2, -0.15) is 11.8 Å². The van der Waals surface area contributed by atoms with Crippen molar-refractivity contribution in [2.75, 3.05) is 12.0 Å². The first-order valence-corrected chi connectivity index (χ1v) is 7.51. The average molecular weight is 215 g/mol. The van der Waals surface area contributed by atoms with E-state index in [2.05, 4.69) is 18.5 Å². The van der Waals surface area contributed by atoms with Gasteiger partial charge in [-0.05, 0) is 25.5 Å². The summed E-state index contributed by atoms with van der Waals surface area (Å²) in [4.78, 5) is 0. The molecular weight excluding hydrogens is 190 g/mol. The molecule has 0 aromatic carbocycles. The van der Waals surface area contributed by atoms with Gasteiger partial charge in [-0.15, -0.1) is 0 Å². The smallest absolute Gasteiger partial charge is 0.0158 e. The third kappa shape index (κ3) is 4.70. The zero-order valence-electron chi connectivity index (χ0n) is 9.72. The molecule has 1 aliphatic rings. The maximum Gasteiger partial charge on any atom is 0.0158 e. The van der Waals surface area contributed by atoms with Gasteiger partial charge in [-0.25, -0.2) is 0 Å². The average Bonchev–Trinajstić information content (AvgIpc) is 2.45. The van der Waals surface area contributed by atoms with Crippen LogP contribution in [0, 0.1) is 0 Å². The highest BCUT2D eigenvalue weighted by atomic mass is 32.2. The topological polar surface area (TPSA) is 12.0 Å². The van der Waals surface area contributed by atoms with E-state index in [0.717, 1.165) is 12.1 Å². The highest BCUT2D eigenvalue weighted by molar-refractivity contribution is 7.98. The summed E-state index contributed by atoms with van der Waals surface area (Å²) in [5, 5.41) is 3.83. The molecule has 1 saturated carbocycles. The van der Waals surface area contributed by atoms with Crippen molar-refractivity contribution in [2.24, 2.45) is 0 Å². The van der Waals surface area contributed by atoms with Crippen LogP contribution in [-0.4, -0.2) is 24.1 Å². The molecule has 84 valence electrons. The molecule has 1 rings (SSSR count). The standard InChI is InChI=1S/C12H25NS/c1-3-11(10-14-2)13-12-8-6-4-5-7-9-12/h11-13H,3-10H2,1-2H3. The van der Waals surface area contributed by atoms with Crippen molar-refractivity contribution < 1.29 is 0 Å². The van der Waals surface area contributed by atoms with E-state index in [-0.39, 0.29) is 0 Å². The lowest BCUT2D eigenvalue weighted by Gasteiger charge is -2.23. The molecule has 1 fully saturated rings. The molecule has 0 bridgehead atoms. The lowest BCUT2D eigenvalue weighted by atomic mass is 10.1. The second-order valence-electron chi connectivity index (χ2n) is 4.42. The molecular formula is C12H25NS. The third-order valence-electron chi connectivity index (χ3n) is 3.19. The van der Waals surface area contributed by atoms with Gasteiger partial charge in [0.05, 0.1) is 0 Å². The Morgan fingerprint density at radius 3 is 2.36 bits per heavy atom. The van der Waals surface area contributed by atoms with Crippen molar-refractivity contribution in [3.8, 4) is 0 Å². The first-order chi connectivity index (χ1) is 6.86. The largest absolute Gasteiger partial charge is 0.310 e. The van der Waals surface area contributed by atoms with Crippen LogP contribution >= 0.6 is 11.8 Å². The third-order valence-corrected chi connectivity index (χ3v) is 3.92. The molecule has 0 radical (unpaired) electrons. The quantitative estimate of drug-likeness (QED) is 0.705. The van der Waals surface area contributed by atoms with Gasteiger partial charge in [-0.1, -0.05) is 32.6 Å². The Hall–Kier alpha value is 0.310. The Morgan fingerprint density at radius 2 is 1.86 bits per heavy atom. The van der Waals surface area contributed by atoms with Crippen molar-refractivity contribution in [1.29, 1.82) is 0 Å². The van der Waals surface area contributed by atoms with Crippen molar-refractivity contribution in [2.45, 2.75) is 64.0 Å². The van der Waals surface area contributed by atoms with Gasteiger partial charge in [0.25, 0.3) is 0 Å². The van der Waals surface area contributed by atoms with Crippen molar-refractivity contribution in [1.82, 2.24) is 5.32 Å². The second kappa shape index (κ2) is 7.58. The molecule has 0 aromatic rings. The number of hydrogen-bond acceptors (Lipinski definition) is 2. The fraction of sp³-hybridized carbons (Fsp3) is 1.00. The van der Waals surface area contributed by atoms with Crippen LogP contribution in [0.15, 0.2) is 0 Å². The van der Waals surface area contributed by atoms with Crippen molar-refractivity contribution in [3.05, 3.63) is 0 Å². The number of nitrogens with one attached hydrogen (secondary N) is 1. The summed E-state index contributed by atoms with van der Waals surface area (Å²) in [5.41, 5.74) is 0. The second-order valence-corrected chi connectivity index (χ2v) is 5.33. The maximum absolute atomic E-state index is 3.83. The minimum absolute atomic E-state index is 0.744. The van der Waals surface area contributed by atoms with Gasteiger partial charge in [0.1, 0.15) is 0 Å². The number of hydrogen-bond donors (Lipinski definition) is 1. The van der Waals surface area contributed by atoms with E-state index >= 15 is 0 Å². The molecule has 0 saturated heterocycles. The molecule has 1 N–H and O–H groups in total. The van der Waals surface area contributed by atoms with E-state index in [1.807, 2.05) is 11.8 Å². The number of rotatable bonds is 5. The van der Waals surface area contributed by atoms with Crippen LogP contribution < -0.4 is 5.32 Å². The summed E-state index contributed by atoms with van der Waals surface area (Å²) in [6, 6.07) is 1.56. The molecule has 1 aliphatic carbocycles. The Morgan fingerprint density at radius 1 is 1.21 bits per heavy atom. The Labute approximate surface area is 93.4 Å². The lowest BCUT2D eigenvalue weighted by molar-refractivity contribution is 0.405. The minimum atomic E-state index is 0.744. The van der Waals surface area contributed by atoms with E-state index in [1.54, 1.807) is 0 Å². The van der Waals surface area contributed by atoms with Crippen LogP contribution in [-0.2, 0) is 0 Å². The zero-order valence-corrected chi connectivity index (χ0v) is 10.5. The molecule has 0 heterocycles. The van der Waals surface area contributed by atoms with Crippen LogP contribution in [0.5, 0.6) is 0 Å². The molecule has 0 aliphatic heterocycles. The van der Waals surface area contributed by atoms with Crippen molar-refractivity contribution in [3.63, 3.8) is 0 Å². The monoisotopic (exact) mass is 215 g/mol. The van der Waals surface area contributed by atoms with Crippen LogP contribution in [0.3, 0.4) is 0 Å². The first kappa shape index (κ1) is 12.4. The van der Waals surface area contributed by atoms with Gasteiger partial charge in [0, 0.05) is 17.8 Å². The Kier molecular flexibility index (Phi) is 6.70. The van der Waals surface area contributed by atoms with Gasteiger partial charge in [0.15, 0.2) is 0 Å². The predicted octanol–water partition coefficient (Wildman–Crippen LogP) is 3.44. The SMILES string of the molecule is CCC(CSC)NC1CCCCCC1.